The number of carbonyl (C=O) groups excluding carboxylic acids is 4. The van der Waals surface area contributed by atoms with E-state index in [0.717, 1.165) is 57.0 Å². The molecule has 0 unspecified atom stereocenters. The number of nitrogens with one attached hydrogen (secondary N) is 4. The number of carbonyl (C=O) groups is 4. The van der Waals surface area contributed by atoms with Gasteiger partial charge in [0.15, 0.2) is 0 Å². The van der Waals surface area contributed by atoms with Gasteiger partial charge in [-0.25, -0.2) is 19.6 Å². The number of rotatable bonds is 14. The maximum Gasteiger partial charge on any atom is 0.407 e. The summed E-state index contributed by atoms with van der Waals surface area (Å²) in [6.07, 6.45) is 1.88. The number of benzene rings is 4. The second-order valence-electron chi connectivity index (χ2n) is 13.5. The Morgan fingerprint density at radius 2 is 1.47 bits per heavy atom. The first-order chi connectivity index (χ1) is 28.2. The van der Waals surface area contributed by atoms with Crippen LogP contribution in [0.25, 0.3) is 33.1 Å². The number of amides is 4. The number of methoxy groups -OCH3 is 2. The Kier molecular flexibility index (Phi) is 13.4. The minimum Gasteiger partial charge on any atom is -0.453 e. The van der Waals surface area contributed by atoms with Crippen molar-refractivity contribution in [3.63, 3.8) is 0 Å². The summed E-state index contributed by atoms with van der Waals surface area (Å²) in [4.78, 5) is 69.6. The molecule has 0 radical (unpaired) electrons. The molecule has 6 aromatic rings. The van der Waals surface area contributed by atoms with E-state index in [1.807, 2.05) is 86.6 Å². The number of alkyl carbamates (subject to hydrolysis) is 2. The van der Waals surface area contributed by atoms with Gasteiger partial charge in [-0.2, -0.15) is 0 Å². The van der Waals surface area contributed by atoms with Crippen LogP contribution in [-0.2, 0) is 32.2 Å². The molecule has 0 bridgehead atoms. The molecule has 58 heavy (non-hydrogen) atoms. The summed E-state index contributed by atoms with van der Waals surface area (Å²) in [5.74, 6) is 7.31. The van der Waals surface area contributed by atoms with Gasteiger partial charge in [0.1, 0.15) is 24.2 Å². The molecule has 2 heterocycles. The SMILES string of the molecule is CCCN(Cc1nc2ccc3cc(C#Cc4ccc(-c5cnc(CN(CCC)C(=O)[C@H](NC(=O)OC)c6ccccc6)[nH]5)cc4)ccc3c2[nH]1)C(=O)CNC(=O)OC. The Bertz CT molecular complexity index is 2450. The third-order valence-corrected chi connectivity index (χ3v) is 9.43. The van der Waals surface area contributed by atoms with Crippen LogP contribution in [-0.4, -0.2) is 87.6 Å². The summed E-state index contributed by atoms with van der Waals surface area (Å²) < 4.78 is 9.38. The van der Waals surface area contributed by atoms with Gasteiger partial charge < -0.3 is 39.9 Å². The van der Waals surface area contributed by atoms with Crippen LogP contribution < -0.4 is 10.6 Å². The summed E-state index contributed by atoms with van der Waals surface area (Å²) in [5, 5.41) is 7.11. The zero-order chi connectivity index (χ0) is 41.0. The number of nitrogens with zero attached hydrogens (tertiary/aromatic N) is 4. The Balaban J connectivity index is 1.12. The van der Waals surface area contributed by atoms with Crippen molar-refractivity contribution in [3.8, 4) is 23.1 Å². The van der Waals surface area contributed by atoms with Crippen molar-refractivity contribution in [2.75, 3.05) is 33.9 Å². The van der Waals surface area contributed by atoms with Crippen LogP contribution >= 0.6 is 0 Å². The average molecular weight is 783 g/mol. The van der Waals surface area contributed by atoms with E-state index in [0.29, 0.717) is 30.3 Å². The predicted octanol–water partition coefficient (Wildman–Crippen LogP) is 6.44. The molecule has 14 heteroatoms. The summed E-state index contributed by atoms with van der Waals surface area (Å²) in [7, 11) is 2.52. The number of imidazole rings is 2. The Morgan fingerprint density at radius 1 is 0.776 bits per heavy atom. The maximum atomic E-state index is 13.8. The van der Waals surface area contributed by atoms with Crippen molar-refractivity contribution >= 4 is 45.8 Å². The quantitative estimate of drug-likeness (QED) is 0.0914. The normalized spacial score (nSPS) is 11.3. The minimum atomic E-state index is -0.907. The van der Waals surface area contributed by atoms with Crippen molar-refractivity contribution in [1.29, 1.82) is 0 Å². The van der Waals surface area contributed by atoms with E-state index in [1.165, 1.54) is 14.2 Å². The molecular weight excluding hydrogens is 737 g/mol. The lowest BCUT2D eigenvalue weighted by atomic mass is 10.1. The molecule has 1 atom stereocenters. The van der Waals surface area contributed by atoms with Crippen LogP contribution in [0.5, 0.6) is 0 Å². The van der Waals surface area contributed by atoms with E-state index in [9.17, 15) is 19.2 Å². The number of hydrogen-bond donors (Lipinski definition) is 4. The molecule has 0 fully saturated rings. The van der Waals surface area contributed by atoms with E-state index < -0.39 is 18.2 Å². The molecule has 14 nitrogen and oxygen atoms in total. The first-order valence-corrected chi connectivity index (χ1v) is 19.0. The Labute approximate surface area is 336 Å². The van der Waals surface area contributed by atoms with Crippen LogP contribution in [0.4, 0.5) is 9.59 Å². The molecule has 0 aliphatic rings. The predicted molar refractivity (Wildman–Crippen MR) is 220 cm³/mol. The van der Waals surface area contributed by atoms with Crippen molar-refractivity contribution in [2.24, 2.45) is 0 Å². The van der Waals surface area contributed by atoms with Crippen LogP contribution in [0.15, 0.2) is 91.1 Å². The lowest BCUT2D eigenvalue weighted by Crippen LogP contribution is -2.43. The average Bonchev–Trinajstić information content (AvgIpc) is 3.90. The minimum absolute atomic E-state index is 0.158. The number of fused-ring (bicyclic) bond motifs is 3. The second-order valence-corrected chi connectivity index (χ2v) is 13.5. The summed E-state index contributed by atoms with van der Waals surface area (Å²) in [6.45, 7) is 5.32. The lowest BCUT2D eigenvalue weighted by molar-refractivity contribution is -0.134. The molecule has 0 saturated carbocycles. The number of ether oxygens (including phenoxy) is 2. The Hall–Kier alpha value is -7.14. The molecule has 0 saturated heterocycles. The van der Waals surface area contributed by atoms with Crippen LogP contribution in [0, 0.1) is 11.8 Å². The van der Waals surface area contributed by atoms with Crippen molar-refractivity contribution in [3.05, 3.63) is 119 Å². The number of hydrogen-bond acceptors (Lipinski definition) is 8. The fraction of sp³-hybridized carbons (Fsp3) is 0.273. The van der Waals surface area contributed by atoms with Gasteiger partial charge in [0.2, 0.25) is 11.8 Å². The summed E-state index contributed by atoms with van der Waals surface area (Å²) in [6, 6.07) is 26.0. The Morgan fingerprint density at radius 3 is 2.19 bits per heavy atom. The zero-order valence-electron chi connectivity index (χ0n) is 32.9. The van der Waals surface area contributed by atoms with Gasteiger partial charge in [-0.1, -0.05) is 80.3 Å². The van der Waals surface area contributed by atoms with Crippen molar-refractivity contribution in [1.82, 2.24) is 40.4 Å². The molecule has 0 spiro atoms. The van der Waals surface area contributed by atoms with E-state index in [1.54, 1.807) is 28.1 Å². The molecule has 4 amide bonds. The van der Waals surface area contributed by atoms with Gasteiger partial charge in [-0.05, 0) is 59.7 Å². The van der Waals surface area contributed by atoms with Crippen LogP contribution in [0.2, 0.25) is 0 Å². The van der Waals surface area contributed by atoms with Gasteiger partial charge in [0, 0.05) is 29.6 Å². The standard InChI is InChI=1S/C44H46N8O6/c1-5-22-51(39(53)26-46-43(55)57-3)28-38-47-35-21-19-33-24-30(16-20-34(33)41(35)49-38)13-12-29-14-17-31(18-15-29)36-25-45-37(48-36)27-52(23-6-2)42(54)40(50-44(56)58-4)32-10-8-7-9-11-32/h7-11,14-21,24-25,40H,5-6,22-23,26-28H2,1-4H3,(H,45,48)(H,46,55)(H,47,49)(H,50,56)/t40-/m1/s1. The van der Waals surface area contributed by atoms with Gasteiger partial charge in [0.25, 0.3) is 0 Å². The molecule has 0 aliphatic carbocycles. The van der Waals surface area contributed by atoms with Gasteiger partial charge in [-0.3, -0.25) is 9.59 Å². The summed E-state index contributed by atoms with van der Waals surface area (Å²) >= 11 is 0. The monoisotopic (exact) mass is 782 g/mol. The maximum absolute atomic E-state index is 13.8. The first kappa shape index (κ1) is 40.5. The number of aromatic nitrogens is 4. The van der Waals surface area contributed by atoms with E-state index in [-0.39, 0.29) is 31.4 Å². The lowest BCUT2D eigenvalue weighted by Gasteiger charge is -2.27. The highest BCUT2D eigenvalue weighted by Gasteiger charge is 2.28. The molecule has 4 N–H and O–H groups in total. The fourth-order valence-corrected chi connectivity index (χ4v) is 6.56. The van der Waals surface area contributed by atoms with Gasteiger partial charge in [0.05, 0.1) is 50.2 Å². The molecule has 2 aromatic heterocycles. The topological polar surface area (TPSA) is 175 Å². The summed E-state index contributed by atoms with van der Waals surface area (Å²) in [5.41, 5.74) is 5.74. The molecule has 4 aromatic carbocycles. The van der Waals surface area contributed by atoms with Gasteiger partial charge >= 0.3 is 12.2 Å². The van der Waals surface area contributed by atoms with Gasteiger partial charge in [-0.15, -0.1) is 0 Å². The molecule has 0 aliphatic heterocycles. The van der Waals surface area contributed by atoms with Crippen molar-refractivity contribution < 1.29 is 28.7 Å². The zero-order valence-corrected chi connectivity index (χ0v) is 32.9. The third kappa shape index (κ3) is 9.99. The molecule has 6 rings (SSSR count). The number of aromatic amines is 2. The van der Waals surface area contributed by atoms with E-state index in [2.05, 4.69) is 42.2 Å². The van der Waals surface area contributed by atoms with Crippen molar-refractivity contribution in [2.45, 2.75) is 45.8 Å². The highest BCUT2D eigenvalue weighted by Crippen LogP contribution is 2.26. The highest BCUT2D eigenvalue weighted by molar-refractivity contribution is 6.04. The number of H-pyrrole nitrogens is 2. The molecule has 298 valence electrons. The second kappa shape index (κ2) is 19.1. The largest absolute Gasteiger partial charge is 0.453 e. The smallest absolute Gasteiger partial charge is 0.407 e. The van der Waals surface area contributed by atoms with E-state index >= 15 is 0 Å². The third-order valence-electron chi connectivity index (χ3n) is 9.43. The highest BCUT2D eigenvalue weighted by atomic mass is 16.5. The molecular formula is C44H46N8O6. The van der Waals surface area contributed by atoms with E-state index in [4.69, 9.17) is 9.72 Å². The van der Waals surface area contributed by atoms with Crippen LogP contribution in [0.3, 0.4) is 0 Å². The fourth-order valence-electron chi connectivity index (χ4n) is 6.56. The first-order valence-electron chi connectivity index (χ1n) is 19.0. The van der Waals surface area contributed by atoms with Crippen LogP contribution in [0.1, 0.15) is 61.1 Å².